The van der Waals surface area contributed by atoms with Crippen LogP contribution in [0.25, 0.3) is 0 Å². The first-order valence-corrected chi connectivity index (χ1v) is 7.00. The van der Waals surface area contributed by atoms with Crippen LogP contribution in [0.5, 0.6) is 0 Å². The van der Waals surface area contributed by atoms with Gasteiger partial charge < -0.3 is 14.1 Å². The first kappa shape index (κ1) is 14.6. The molecule has 1 fully saturated rings. The molecule has 1 atom stereocenters. The molecule has 2 rings (SSSR count). The summed E-state index contributed by atoms with van der Waals surface area (Å²) in [5.41, 5.74) is -0.0662. The Kier molecular flexibility index (Phi) is 4.16. The van der Waals surface area contributed by atoms with Crippen LogP contribution in [-0.2, 0) is 9.53 Å². The maximum Gasteiger partial charge on any atom is 0.314 e. The summed E-state index contributed by atoms with van der Waals surface area (Å²) in [6, 6.07) is 1.64. The van der Waals surface area contributed by atoms with E-state index in [0.717, 1.165) is 0 Å². The number of hydrogen-bond acceptors (Lipinski definition) is 4. The molecule has 1 aliphatic rings. The second kappa shape index (κ2) is 5.69. The van der Waals surface area contributed by atoms with E-state index in [2.05, 4.69) is 0 Å². The first-order chi connectivity index (χ1) is 9.51. The van der Waals surface area contributed by atoms with Crippen LogP contribution in [0.2, 0.25) is 0 Å². The van der Waals surface area contributed by atoms with Crippen molar-refractivity contribution in [1.82, 2.24) is 4.90 Å². The fourth-order valence-corrected chi connectivity index (χ4v) is 2.72. The SMILES string of the molecule is CCOC(=O)[C@@]1(C(C)C)CCN(C(=O)c2ccoc2)C1. The number of rotatable bonds is 4. The van der Waals surface area contributed by atoms with E-state index < -0.39 is 5.41 Å². The van der Waals surface area contributed by atoms with Crippen LogP contribution in [-0.4, -0.2) is 36.5 Å². The number of carbonyl (C=O) groups excluding carboxylic acids is 2. The molecule has 0 spiro atoms. The minimum atomic E-state index is -0.588. The molecule has 1 aromatic rings. The van der Waals surface area contributed by atoms with Crippen molar-refractivity contribution in [3.63, 3.8) is 0 Å². The van der Waals surface area contributed by atoms with Gasteiger partial charge in [-0.1, -0.05) is 13.8 Å². The third kappa shape index (κ3) is 2.44. The molecule has 20 heavy (non-hydrogen) atoms. The van der Waals surface area contributed by atoms with Crippen LogP contribution in [0.3, 0.4) is 0 Å². The molecule has 0 aromatic carbocycles. The van der Waals surface area contributed by atoms with E-state index in [4.69, 9.17) is 9.15 Å². The van der Waals surface area contributed by atoms with Gasteiger partial charge in [0.05, 0.1) is 23.8 Å². The Balaban J connectivity index is 2.16. The van der Waals surface area contributed by atoms with Crippen molar-refractivity contribution in [3.8, 4) is 0 Å². The van der Waals surface area contributed by atoms with Gasteiger partial charge in [0.15, 0.2) is 0 Å². The smallest absolute Gasteiger partial charge is 0.314 e. The number of furan rings is 1. The summed E-state index contributed by atoms with van der Waals surface area (Å²) >= 11 is 0. The Morgan fingerprint density at radius 2 is 2.25 bits per heavy atom. The van der Waals surface area contributed by atoms with E-state index >= 15 is 0 Å². The van der Waals surface area contributed by atoms with E-state index in [1.54, 1.807) is 17.9 Å². The molecule has 5 nitrogen and oxygen atoms in total. The fourth-order valence-electron chi connectivity index (χ4n) is 2.72. The number of likely N-dealkylation sites (tertiary alicyclic amines) is 1. The highest BCUT2D eigenvalue weighted by Crippen LogP contribution is 2.39. The van der Waals surface area contributed by atoms with Gasteiger partial charge in [0.2, 0.25) is 0 Å². The van der Waals surface area contributed by atoms with Crippen molar-refractivity contribution in [2.75, 3.05) is 19.7 Å². The van der Waals surface area contributed by atoms with Gasteiger partial charge in [0, 0.05) is 13.1 Å². The van der Waals surface area contributed by atoms with Crippen LogP contribution in [0.1, 0.15) is 37.6 Å². The second-order valence-electron chi connectivity index (χ2n) is 5.52. The van der Waals surface area contributed by atoms with Crippen LogP contribution < -0.4 is 0 Å². The second-order valence-corrected chi connectivity index (χ2v) is 5.52. The van der Waals surface area contributed by atoms with Crippen molar-refractivity contribution in [3.05, 3.63) is 24.2 Å². The summed E-state index contributed by atoms with van der Waals surface area (Å²) in [4.78, 5) is 26.3. The molecule has 2 heterocycles. The molecule has 1 aliphatic heterocycles. The monoisotopic (exact) mass is 279 g/mol. The zero-order chi connectivity index (χ0) is 14.8. The quantitative estimate of drug-likeness (QED) is 0.794. The maximum absolute atomic E-state index is 12.3. The molecule has 1 saturated heterocycles. The molecule has 1 amide bonds. The Morgan fingerprint density at radius 3 is 2.80 bits per heavy atom. The number of amides is 1. The molecule has 0 aliphatic carbocycles. The van der Waals surface area contributed by atoms with Crippen molar-refractivity contribution in [2.45, 2.75) is 27.2 Å². The lowest BCUT2D eigenvalue weighted by Crippen LogP contribution is -2.41. The van der Waals surface area contributed by atoms with Crippen LogP contribution in [0, 0.1) is 11.3 Å². The highest BCUT2D eigenvalue weighted by atomic mass is 16.5. The number of esters is 1. The highest BCUT2D eigenvalue weighted by Gasteiger charge is 2.49. The molecular formula is C15H21NO4. The summed E-state index contributed by atoms with van der Waals surface area (Å²) < 4.78 is 10.2. The van der Waals surface area contributed by atoms with E-state index in [0.29, 0.717) is 31.7 Å². The molecular weight excluding hydrogens is 258 g/mol. The van der Waals surface area contributed by atoms with Crippen molar-refractivity contribution >= 4 is 11.9 Å². The molecule has 0 N–H and O–H groups in total. The average molecular weight is 279 g/mol. The van der Waals surface area contributed by atoms with Crippen LogP contribution in [0.4, 0.5) is 0 Å². The summed E-state index contributed by atoms with van der Waals surface area (Å²) in [7, 11) is 0. The van der Waals surface area contributed by atoms with Crippen molar-refractivity contribution in [2.24, 2.45) is 11.3 Å². The minimum Gasteiger partial charge on any atom is -0.472 e. The standard InChI is InChI=1S/C15H21NO4/c1-4-20-14(18)15(11(2)3)6-7-16(10-15)13(17)12-5-8-19-9-12/h5,8-9,11H,4,6-7,10H2,1-3H3/t15-/m0/s1. The molecule has 0 unspecified atom stereocenters. The number of ether oxygens (including phenoxy) is 1. The molecule has 0 saturated carbocycles. The lowest BCUT2D eigenvalue weighted by Gasteiger charge is -2.30. The van der Waals surface area contributed by atoms with Gasteiger partial charge in [0.25, 0.3) is 5.91 Å². The number of carbonyl (C=O) groups is 2. The van der Waals surface area contributed by atoms with E-state index in [1.807, 2.05) is 13.8 Å². The molecule has 0 radical (unpaired) electrons. The van der Waals surface area contributed by atoms with Crippen LogP contribution >= 0.6 is 0 Å². The Hall–Kier alpha value is -1.78. The first-order valence-electron chi connectivity index (χ1n) is 7.00. The van der Waals surface area contributed by atoms with Gasteiger partial charge in [-0.15, -0.1) is 0 Å². The third-order valence-corrected chi connectivity index (χ3v) is 4.14. The zero-order valence-corrected chi connectivity index (χ0v) is 12.2. The molecule has 5 heteroatoms. The number of nitrogens with zero attached hydrogens (tertiary/aromatic N) is 1. The largest absolute Gasteiger partial charge is 0.472 e. The van der Waals surface area contributed by atoms with Gasteiger partial charge in [-0.25, -0.2) is 0 Å². The normalized spacial score (nSPS) is 22.3. The summed E-state index contributed by atoms with van der Waals surface area (Å²) in [6.07, 6.45) is 3.56. The maximum atomic E-state index is 12.3. The van der Waals surface area contributed by atoms with Crippen molar-refractivity contribution < 1.29 is 18.7 Å². The summed E-state index contributed by atoms with van der Waals surface area (Å²) in [5.74, 6) is -0.160. The predicted molar refractivity (Wildman–Crippen MR) is 73.1 cm³/mol. The predicted octanol–water partition coefficient (Wildman–Crippen LogP) is 2.33. The van der Waals surface area contributed by atoms with Gasteiger partial charge in [-0.05, 0) is 25.3 Å². The Labute approximate surface area is 118 Å². The van der Waals surface area contributed by atoms with Crippen molar-refractivity contribution in [1.29, 1.82) is 0 Å². The Bertz CT molecular complexity index is 480. The third-order valence-electron chi connectivity index (χ3n) is 4.14. The van der Waals surface area contributed by atoms with E-state index in [1.165, 1.54) is 12.5 Å². The topological polar surface area (TPSA) is 59.8 Å². The lowest BCUT2D eigenvalue weighted by atomic mass is 9.76. The van der Waals surface area contributed by atoms with Gasteiger partial charge in [-0.3, -0.25) is 9.59 Å². The summed E-state index contributed by atoms with van der Waals surface area (Å²) in [6.45, 7) is 7.15. The molecule has 110 valence electrons. The van der Waals surface area contributed by atoms with Gasteiger partial charge in [0.1, 0.15) is 6.26 Å². The Morgan fingerprint density at radius 1 is 1.50 bits per heavy atom. The van der Waals surface area contributed by atoms with Crippen LogP contribution in [0.15, 0.2) is 23.0 Å². The zero-order valence-electron chi connectivity index (χ0n) is 12.2. The van der Waals surface area contributed by atoms with Gasteiger partial charge >= 0.3 is 5.97 Å². The van der Waals surface area contributed by atoms with E-state index in [-0.39, 0.29) is 17.8 Å². The number of hydrogen-bond donors (Lipinski definition) is 0. The molecule has 1 aromatic heterocycles. The van der Waals surface area contributed by atoms with E-state index in [9.17, 15) is 9.59 Å². The highest BCUT2D eigenvalue weighted by molar-refractivity contribution is 5.94. The van der Waals surface area contributed by atoms with Gasteiger partial charge in [-0.2, -0.15) is 0 Å². The average Bonchev–Trinajstić information content (AvgIpc) is 3.08. The minimum absolute atomic E-state index is 0.0921. The lowest BCUT2D eigenvalue weighted by molar-refractivity contribution is -0.157. The fraction of sp³-hybridized carbons (Fsp3) is 0.600. The summed E-state index contributed by atoms with van der Waals surface area (Å²) in [5, 5.41) is 0. The molecule has 0 bridgehead atoms.